The summed E-state index contributed by atoms with van der Waals surface area (Å²) in [6, 6.07) is 10.5. The molecule has 110 valence electrons. The Morgan fingerprint density at radius 1 is 1.19 bits per heavy atom. The van der Waals surface area contributed by atoms with Gasteiger partial charge in [-0.3, -0.25) is 4.79 Å². The molecule has 0 radical (unpaired) electrons. The lowest BCUT2D eigenvalue weighted by molar-refractivity contribution is -0.118. The minimum absolute atomic E-state index is 0.0650. The lowest BCUT2D eigenvalue weighted by Gasteiger charge is -2.12. The molecule has 2 aromatic carbocycles. The van der Waals surface area contributed by atoms with Crippen LogP contribution in [0.2, 0.25) is 5.02 Å². The monoisotopic (exact) mass is 304 g/mol. The number of halogens is 1. The lowest BCUT2D eigenvalue weighted by Crippen LogP contribution is -2.20. The average molecular weight is 305 g/mol. The first-order valence-electron chi connectivity index (χ1n) is 6.50. The van der Waals surface area contributed by atoms with Gasteiger partial charge >= 0.3 is 0 Å². The number of carbonyl (C=O) groups is 1. The van der Waals surface area contributed by atoms with Crippen LogP contribution in [0.1, 0.15) is 11.1 Å². The topological polar surface area (TPSA) is 64.3 Å². The van der Waals surface area contributed by atoms with Crippen LogP contribution < -0.4 is 15.8 Å². The zero-order valence-electron chi connectivity index (χ0n) is 11.9. The Labute approximate surface area is 128 Å². The molecule has 0 fully saturated rings. The Hall–Kier alpha value is -2.20. The van der Waals surface area contributed by atoms with Crippen molar-refractivity contribution < 1.29 is 9.53 Å². The van der Waals surface area contributed by atoms with Crippen molar-refractivity contribution in [3.63, 3.8) is 0 Å². The summed E-state index contributed by atoms with van der Waals surface area (Å²) in [5.41, 5.74) is 9.11. The number of amides is 1. The number of nitrogens with one attached hydrogen (secondary N) is 1. The van der Waals surface area contributed by atoms with E-state index in [1.54, 1.807) is 24.3 Å². The third-order valence-corrected chi connectivity index (χ3v) is 3.32. The Morgan fingerprint density at radius 3 is 2.52 bits per heavy atom. The molecule has 0 bridgehead atoms. The highest BCUT2D eigenvalue weighted by Gasteiger charge is 2.07. The molecule has 0 aromatic heterocycles. The molecular formula is C16H17ClN2O2. The normalized spacial score (nSPS) is 10.2. The molecule has 0 saturated heterocycles. The van der Waals surface area contributed by atoms with E-state index in [1.807, 2.05) is 26.0 Å². The van der Waals surface area contributed by atoms with Crippen LogP contribution in [0, 0.1) is 13.8 Å². The standard InChI is InChI=1S/C16H17ClN2O2/c1-10-8-15(11(2)7-14(10)18)19-16(20)9-21-13-5-3-12(17)4-6-13/h3-8H,9,18H2,1-2H3,(H,19,20). The minimum Gasteiger partial charge on any atom is -0.484 e. The summed E-state index contributed by atoms with van der Waals surface area (Å²) in [6.07, 6.45) is 0. The first-order valence-corrected chi connectivity index (χ1v) is 6.88. The third kappa shape index (κ3) is 4.13. The van der Waals surface area contributed by atoms with Crippen molar-refractivity contribution in [1.82, 2.24) is 0 Å². The first kappa shape index (κ1) is 15.2. The van der Waals surface area contributed by atoms with E-state index in [-0.39, 0.29) is 12.5 Å². The first-order chi connectivity index (χ1) is 9.95. The summed E-state index contributed by atoms with van der Waals surface area (Å²) in [4.78, 5) is 11.9. The van der Waals surface area contributed by atoms with Gasteiger partial charge in [0.25, 0.3) is 5.91 Å². The van der Waals surface area contributed by atoms with Crippen molar-refractivity contribution in [3.8, 4) is 5.75 Å². The van der Waals surface area contributed by atoms with Gasteiger partial charge in [0.15, 0.2) is 6.61 Å². The smallest absolute Gasteiger partial charge is 0.262 e. The summed E-state index contributed by atoms with van der Waals surface area (Å²) < 4.78 is 5.39. The van der Waals surface area contributed by atoms with Crippen molar-refractivity contribution in [1.29, 1.82) is 0 Å². The van der Waals surface area contributed by atoms with E-state index in [0.29, 0.717) is 16.5 Å². The second kappa shape index (κ2) is 6.50. The summed E-state index contributed by atoms with van der Waals surface area (Å²) in [5, 5.41) is 3.44. The Morgan fingerprint density at radius 2 is 1.86 bits per heavy atom. The number of rotatable bonds is 4. The van der Waals surface area contributed by atoms with Crippen molar-refractivity contribution >= 4 is 28.9 Å². The maximum Gasteiger partial charge on any atom is 0.262 e. The second-order valence-corrected chi connectivity index (χ2v) is 5.25. The molecule has 2 aromatic rings. The van der Waals surface area contributed by atoms with E-state index < -0.39 is 0 Å². The number of anilines is 2. The summed E-state index contributed by atoms with van der Waals surface area (Å²) in [7, 11) is 0. The van der Waals surface area contributed by atoms with Gasteiger partial charge in [-0.05, 0) is 61.4 Å². The maximum atomic E-state index is 11.9. The lowest BCUT2D eigenvalue weighted by atomic mass is 10.1. The molecule has 21 heavy (non-hydrogen) atoms. The van der Waals surface area contributed by atoms with E-state index >= 15 is 0 Å². The summed E-state index contributed by atoms with van der Waals surface area (Å²) in [5.74, 6) is 0.372. The van der Waals surface area contributed by atoms with Crippen LogP contribution >= 0.6 is 11.6 Å². The van der Waals surface area contributed by atoms with Gasteiger partial charge in [-0.15, -0.1) is 0 Å². The maximum absolute atomic E-state index is 11.9. The second-order valence-electron chi connectivity index (χ2n) is 4.81. The van der Waals surface area contributed by atoms with Crippen molar-refractivity contribution in [3.05, 3.63) is 52.5 Å². The van der Waals surface area contributed by atoms with Gasteiger partial charge in [-0.1, -0.05) is 11.6 Å². The molecule has 2 rings (SSSR count). The van der Waals surface area contributed by atoms with Crippen LogP contribution in [0.5, 0.6) is 5.75 Å². The molecule has 0 unspecified atom stereocenters. The molecule has 0 aliphatic carbocycles. The van der Waals surface area contributed by atoms with E-state index in [4.69, 9.17) is 22.1 Å². The van der Waals surface area contributed by atoms with Gasteiger partial charge in [0.1, 0.15) is 5.75 Å². The third-order valence-electron chi connectivity index (χ3n) is 3.07. The number of carbonyl (C=O) groups excluding carboxylic acids is 1. The van der Waals surface area contributed by atoms with Crippen molar-refractivity contribution in [2.75, 3.05) is 17.7 Å². The molecule has 0 aliphatic heterocycles. The highest BCUT2D eigenvalue weighted by Crippen LogP contribution is 2.22. The Kier molecular flexibility index (Phi) is 4.70. The highest BCUT2D eigenvalue weighted by atomic mass is 35.5. The van der Waals surface area contributed by atoms with E-state index in [0.717, 1.165) is 16.8 Å². The van der Waals surface area contributed by atoms with Crippen LogP contribution in [0.15, 0.2) is 36.4 Å². The van der Waals surface area contributed by atoms with Gasteiger partial charge in [0.2, 0.25) is 0 Å². The van der Waals surface area contributed by atoms with Gasteiger partial charge in [0.05, 0.1) is 0 Å². The van der Waals surface area contributed by atoms with Crippen LogP contribution in [-0.2, 0) is 4.79 Å². The van der Waals surface area contributed by atoms with Gasteiger partial charge in [-0.2, -0.15) is 0 Å². The van der Waals surface area contributed by atoms with Crippen molar-refractivity contribution in [2.45, 2.75) is 13.8 Å². The Balaban J connectivity index is 1.96. The fraction of sp³-hybridized carbons (Fsp3) is 0.188. The number of ether oxygens (including phenoxy) is 1. The van der Waals surface area contributed by atoms with Gasteiger partial charge in [-0.25, -0.2) is 0 Å². The molecule has 0 spiro atoms. The molecule has 0 atom stereocenters. The highest BCUT2D eigenvalue weighted by molar-refractivity contribution is 6.30. The van der Waals surface area contributed by atoms with E-state index in [2.05, 4.69) is 5.32 Å². The van der Waals surface area contributed by atoms with E-state index in [9.17, 15) is 4.79 Å². The van der Waals surface area contributed by atoms with Gasteiger partial charge < -0.3 is 15.8 Å². The largest absolute Gasteiger partial charge is 0.484 e. The number of benzene rings is 2. The van der Waals surface area contributed by atoms with Crippen molar-refractivity contribution in [2.24, 2.45) is 0 Å². The van der Waals surface area contributed by atoms with Crippen LogP contribution in [0.25, 0.3) is 0 Å². The number of nitrogens with two attached hydrogens (primary N) is 1. The van der Waals surface area contributed by atoms with E-state index in [1.165, 1.54) is 0 Å². The Bertz CT molecular complexity index is 654. The summed E-state index contributed by atoms with van der Waals surface area (Å²) >= 11 is 5.78. The summed E-state index contributed by atoms with van der Waals surface area (Å²) in [6.45, 7) is 3.73. The van der Waals surface area contributed by atoms with Crippen LogP contribution in [-0.4, -0.2) is 12.5 Å². The number of hydrogen-bond donors (Lipinski definition) is 2. The zero-order chi connectivity index (χ0) is 15.4. The molecule has 0 aliphatic rings. The molecule has 1 amide bonds. The zero-order valence-corrected chi connectivity index (χ0v) is 12.7. The molecule has 4 nitrogen and oxygen atoms in total. The quantitative estimate of drug-likeness (QED) is 0.849. The molecule has 5 heteroatoms. The fourth-order valence-electron chi connectivity index (χ4n) is 1.84. The number of aryl methyl sites for hydroxylation is 2. The SMILES string of the molecule is Cc1cc(NC(=O)COc2ccc(Cl)cc2)c(C)cc1N. The molecule has 0 heterocycles. The van der Waals surface area contributed by atoms with Crippen LogP contribution in [0.3, 0.4) is 0 Å². The molecule has 3 N–H and O–H groups in total. The average Bonchev–Trinajstić information content (AvgIpc) is 2.44. The predicted octanol–water partition coefficient (Wildman–Crippen LogP) is 3.56. The van der Waals surface area contributed by atoms with Crippen LogP contribution in [0.4, 0.5) is 11.4 Å². The minimum atomic E-state index is -0.225. The number of hydrogen-bond acceptors (Lipinski definition) is 3. The fourth-order valence-corrected chi connectivity index (χ4v) is 1.97. The predicted molar refractivity (Wildman–Crippen MR) is 85.9 cm³/mol. The molecule has 0 saturated carbocycles. The van der Waals surface area contributed by atoms with Gasteiger partial charge in [0, 0.05) is 16.4 Å². The number of nitrogen functional groups attached to an aromatic ring is 1. The molecular weight excluding hydrogens is 288 g/mol.